The van der Waals surface area contributed by atoms with Gasteiger partial charge in [-0.25, -0.2) is 13.7 Å². The fourth-order valence-electron chi connectivity index (χ4n) is 3.07. The molecule has 0 spiro atoms. The van der Waals surface area contributed by atoms with Gasteiger partial charge < -0.3 is 9.84 Å². The first-order chi connectivity index (χ1) is 15.0. The van der Waals surface area contributed by atoms with Crippen molar-refractivity contribution in [2.24, 2.45) is 0 Å². The molecule has 1 atom stereocenters. The van der Waals surface area contributed by atoms with Crippen molar-refractivity contribution in [3.63, 3.8) is 0 Å². The smallest absolute Gasteiger partial charge is 0.336 e. The third kappa shape index (κ3) is 6.66. The van der Waals surface area contributed by atoms with Crippen LogP contribution in [0, 0.1) is 0 Å². The van der Waals surface area contributed by atoms with Gasteiger partial charge in [0.1, 0.15) is 22.5 Å². The molecule has 0 saturated carbocycles. The highest BCUT2D eigenvalue weighted by atomic mass is 35.5. The number of aromatic carboxylic acids is 1. The van der Waals surface area contributed by atoms with Crippen LogP contribution in [0.4, 0.5) is 0 Å². The molecule has 31 heavy (non-hydrogen) atoms. The van der Waals surface area contributed by atoms with Gasteiger partial charge in [0.25, 0.3) is 0 Å². The maximum Gasteiger partial charge on any atom is 0.336 e. The van der Waals surface area contributed by atoms with E-state index in [9.17, 15) is 14.1 Å². The molecule has 2 N–H and O–H groups in total. The molecule has 3 rings (SSSR count). The predicted molar refractivity (Wildman–Crippen MR) is 124 cm³/mol. The number of aryl methyl sites for hydroxylation is 1. The number of nitrogens with one attached hydrogen (secondary N) is 1. The summed E-state index contributed by atoms with van der Waals surface area (Å²) >= 11 is 5.99. The zero-order valence-electron chi connectivity index (χ0n) is 17.1. The van der Waals surface area contributed by atoms with Gasteiger partial charge in [-0.2, -0.15) is 0 Å². The van der Waals surface area contributed by atoms with Crippen molar-refractivity contribution in [1.29, 1.82) is 0 Å². The summed E-state index contributed by atoms with van der Waals surface area (Å²) in [6.07, 6.45) is 9.51. The second kappa shape index (κ2) is 11.1. The van der Waals surface area contributed by atoms with Crippen LogP contribution in [0.25, 0.3) is 0 Å². The standard InChI is InChI=1S/C24H24ClNO4S/c1-2-18-8-13-22(16-23(18)24(27)28)31(29)26-15-14-17-6-10-21(11-7-17)30-20-5-3-4-19(25)9-12-20/h4-13,16,26H,2-3,14-15H2,1H3,(H,27,28). The molecule has 0 aliphatic heterocycles. The van der Waals surface area contributed by atoms with Crippen LogP contribution in [0.15, 0.2) is 82.5 Å². The fourth-order valence-corrected chi connectivity index (χ4v) is 4.09. The van der Waals surface area contributed by atoms with E-state index < -0.39 is 17.0 Å². The Hall–Kier alpha value is -2.67. The molecule has 1 unspecified atom stereocenters. The summed E-state index contributed by atoms with van der Waals surface area (Å²) in [5.74, 6) is 0.463. The topological polar surface area (TPSA) is 75.6 Å². The van der Waals surface area contributed by atoms with Crippen molar-refractivity contribution in [2.45, 2.75) is 31.1 Å². The van der Waals surface area contributed by atoms with Crippen LogP contribution in [-0.4, -0.2) is 21.8 Å². The average molecular weight is 458 g/mol. The molecule has 0 aromatic heterocycles. The molecule has 162 valence electrons. The van der Waals surface area contributed by atoms with Gasteiger partial charge in [0, 0.05) is 11.6 Å². The summed E-state index contributed by atoms with van der Waals surface area (Å²) < 4.78 is 21.3. The number of rotatable bonds is 9. The van der Waals surface area contributed by atoms with Crippen LogP contribution in [0.5, 0.6) is 5.75 Å². The maximum atomic E-state index is 12.5. The predicted octanol–water partition coefficient (Wildman–Crippen LogP) is 5.15. The first-order valence-electron chi connectivity index (χ1n) is 9.98. The lowest BCUT2D eigenvalue weighted by atomic mass is 10.1. The third-order valence-corrected chi connectivity index (χ3v) is 6.18. The molecule has 7 heteroatoms. The Kier molecular flexibility index (Phi) is 8.23. The van der Waals surface area contributed by atoms with E-state index in [0.717, 1.165) is 29.1 Å². The maximum absolute atomic E-state index is 12.5. The quantitative estimate of drug-likeness (QED) is 0.546. The number of halogens is 1. The van der Waals surface area contributed by atoms with Gasteiger partial charge in [-0.1, -0.05) is 42.8 Å². The minimum absolute atomic E-state index is 0.197. The van der Waals surface area contributed by atoms with E-state index in [1.165, 1.54) is 6.07 Å². The highest BCUT2D eigenvalue weighted by Crippen LogP contribution is 2.20. The van der Waals surface area contributed by atoms with Gasteiger partial charge in [0.05, 0.1) is 10.5 Å². The number of carbonyl (C=O) groups is 1. The summed E-state index contributed by atoms with van der Waals surface area (Å²) in [5.41, 5.74) is 1.99. The van der Waals surface area contributed by atoms with Gasteiger partial charge in [-0.3, -0.25) is 0 Å². The highest BCUT2D eigenvalue weighted by molar-refractivity contribution is 7.83. The number of ether oxygens (including phenoxy) is 1. The van der Waals surface area contributed by atoms with Crippen LogP contribution in [0.1, 0.15) is 34.8 Å². The molecule has 1 aliphatic carbocycles. The molecular weight excluding hydrogens is 434 g/mol. The molecule has 0 radical (unpaired) electrons. The summed E-state index contributed by atoms with van der Waals surface area (Å²) in [6, 6.07) is 12.6. The van der Waals surface area contributed by atoms with E-state index in [4.69, 9.17) is 16.3 Å². The Labute approximate surface area is 189 Å². The molecule has 0 amide bonds. The molecule has 0 heterocycles. The summed E-state index contributed by atoms with van der Waals surface area (Å²) in [5, 5.41) is 10.0. The van der Waals surface area contributed by atoms with Gasteiger partial charge in [0.15, 0.2) is 0 Å². The van der Waals surface area contributed by atoms with Crippen molar-refractivity contribution in [2.75, 3.05) is 6.54 Å². The van der Waals surface area contributed by atoms with E-state index in [1.807, 2.05) is 49.4 Å². The lowest BCUT2D eigenvalue weighted by molar-refractivity contribution is 0.0695. The van der Waals surface area contributed by atoms with Gasteiger partial charge in [-0.15, -0.1) is 0 Å². The molecule has 2 aromatic carbocycles. The van der Waals surface area contributed by atoms with Crippen LogP contribution < -0.4 is 9.46 Å². The number of carboxylic acid groups (broad SMARTS) is 1. The van der Waals surface area contributed by atoms with E-state index >= 15 is 0 Å². The summed E-state index contributed by atoms with van der Waals surface area (Å²) in [7, 11) is -1.48. The second-order valence-electron chi connectivity index (χ2n) is 6.90. The van der Waals surface area contributed by atoms with E-state index in [1.54, 1.807) is 18.2 Å². The van der Waals surface area contributed by atoms with Crippen molar-refractivity contribution >= 4 is 28.6 Å². The van der Waals surface area contributed by atoms with E-state index in [2.05, 4.69) is 4.72 Å². The first kappa shape index (κ1) is 23.0. The zero-order chi connectivity index (χ0) is 22.2. The van der Waals surface area contributed by atoms with Crippen molar-refractivity contribution in [3.8, 4) is 5.75 Å². The minimum Gasteiger partial charge on any atom is -0.478 e. The van der Waals surface area contributed by atoms with E-state index in [-0.39, 0.29) is 5.56 Å². The molecular formula is C24H24ClNO4S. The molecule has 2 aromatic rings. The van der Waals surface area contributed by atoms with Gasteiger partial charge in [0.2, 0.25) is 0 Å². The molecule has 5 nitrogen and oxygen atoms in total. The zero-order valence-corrected chi connectivity index (χ0v) is 18.7. The second-order valence-corrected chi connectivity index (χ2v) is 8.64. The number of carboxylic acids is 1. The number of benzene rings is 2. The lowest BCUT2D eigenvalue weighted by Crippen LogP contribution is -2.20. The Morgan fingerprint density at radius 1 is 1.16 bits per heavy atom. The summed E-state index contributed by atoms with van der Waals surface area (Å²) in [6.45, 7) is 2.38. The summed E-state index contributed by atoms with van der Waals surface area (Å²) in [4.78, 5) is 11.9. The molecule has 0 bridgehead atoms. The number of hydrogen-bond donors (Lipinski definition) is 2. The molecule has 0 fully saturated rings. The van der Waals surface area contributed by atoms with Crippen LogP contribution in [0.2, 0.25) is 0 Å². The Balaban J connectivity index is 1.52. The van der Waals surface area contributed by atoms with Crippen LogP contribution in [0.3, 0.4) is 0 Å². The SMILES string of the molecule is CCc1ccc(S(=O)NCCc2ccc(OC3=CCC=C(Cl)C=C3)cc2)cc1C(=O)O. The fraction of sp³-hybridized carbons (Fsp3) is 0.208. The van der Waals surface area contributed by atoms with Gasteiger partial charge >= 0.3 is 5.97 Å². The largest absolute Gasteiger partial charge is 0.478 e. The first-order valence-corrected chi connectivity index (χ1v) is 11.5. The highest BCUT2D eigenvalue weighted by Gasteiger charge is 2.12. The Bertz CT molecular complexity index is 1060. The number of hydrogen-bond acceptors (Lipinski definition) is 3. The van der Waals surface area contributed by atoms with E-state index in [0.29, 0.717) is 29.3 Å². The Morgan fingerprint density at radius 2 is 1.94 bits per heavy atom. The molecule has 1 aliphatic rings. The Morgan fingerprint density at radius 3 is 2.65 bits per heavy atom. The average Bonchev–Trinajstić information content (AvgIpc) is 2.98. The third-order valence-electron chi connectivity index (χ3n) is 4.75. The van der Waals surface area contributed by atoms with Gasteiger partial charge in [-0.05, 0) is 72.9 Å². The van der Waals surface area contributed by atoms with Crippen LogP contribution >= 0.6 is 11.6 Å². The number of allylic oxidation sites excluding steroid dienone is 5. The van der Waals surface area contributed by atoms with Crippen LogP contribution in [-0.2, 0) is 23.8 Å². The monoisotopic (exact) mass is 457 g/mol. The van der Waals surface area contributed by atoms with Crippen molar-refractivity contribution < 1.29 is 18.8 Å². The minimum atomic E-state index is -1.48. The van der Waals surface area contributed by atoms with Crippen molar-refractivity contribution in [3.05, 3.63) is 94.3 Å². The molecule has 0 saturated heterocycles. The normalized spacial score (nSPS) is 14.4. The van der Waals surface area contributed by atoms with Crippen molar-refractivity contribution in [1.82, 2.24) is 4.72 Å². The lowest BCUT2D eigenvalue weighted by Gasteiger charge is -2.09.